The van der Waals surface area contributed by atoms with Crippen molar-refractivity contribution < 1.29 is 0 Å². The maximum absolute atomic E-state index is 5.67. The van der Waals surface area contributed by atoms with Gasteiger partial charge in [-0.2, -0.15) is 0 Å². The molecule has 48 valence electrons. The van der Waals surface area contributed by atoms with E-state index < -0.39 is 0 Å². The van der Waals surface area contributed by atoms with E-state index in [4.69, 9.17) is 11.6 Å². The first kappa shape index (κ1) is 7.97. The fourth-order valence-electron chi connectivity index (χ4n) is 0.617. The summed E-state index contributed by atoms with van der Waals surface area (Å²) in [5, 5.41) is 0.762. The first-order valence-corrected chi connectivity index (χ1v) is 4.82. The minimum absolute atomic E-state index is 0.762. The molecule has 0 atom stereocenters. The number of hydrogen-bond acceptors (Lipinski definition) is 0. The molecule has 0 spiro atoms. The van der Waals surface area contributed by atoms with E-state index in [9.17, 15) is 0 Å². The van der Waals surface area contributed by atoms with Crippen molar-refractivity contribution in [2.75, 3.05) is 0 Å². The Bertz CT molecular complexity index is 266. The van der Waals surface area contributed by atoms with Crippen molar-refractivity contribution in [3.63, 3.8) is 0 Å². The predicted octanol–water partition coefficient (Wildman–Crippen LogP) is 1.55. The summed E-state index contributed by atoms with van der Waals surface area (Å²) < 4.78 is 2.94. The summed E-state index contributed by atoms with van der Waals surface area (Å²) in [6, 6.07) is 7.54. The van der Waals surface area contributed by atoms with Crippen molar-refractivity contribution in [3.8, 4) is 9.86 Å². The van der Waals surface area contributed by atoms with E-state index in [0.717, 1.165) is 33.1 Å². The van der Waals surface area contributed by atoms with Crippen LogP contribution in [0.2, 0.25) is 5.02 Å². The van der Waals surface area contributed by atoms with Crippen molar-refractivity contribution in [3.05, 3.63) is 34.9 Å². The van der Waals surface area contributed by atoms with Gasteiger partial charge in [0.25, 0.3) is 0 Å². The van der Waals surface area contributed by atoms with E-state index in [1.165, 1.54) is 0 Å². The second-order valence-corrected chi connectivity index (χ2v) is 3.04. The second-order valence-electron chi connectivity index (χ2n) is 1.78. The molecular formula is C8H5ClSn. The third-order valence-electron chi connectivity index (χ3n) is 1.06. The molecule has 1 rings (SSSR count). The molecule has 2 radical (unpaired) electrons. The molecule has 0 fully saturated rings. The third kappa shape index (κ3) is 2.24. The Kier molecular flexibility index (Phi) is 3.11. The van der Waals surface area contributed by atoms with Crippen LogP contribution in [-0.4, -0.2) is 22.5 Å². The van der Waals surface area contributed by atoms with Gasteiger partial charge >= 0.3 is 78.8 Å². The van der Waals surface area contributed by atoms with Crippen LogP contribution in [0.4, 0.5) is 0 Å². The van der Waals surface area contributed by atoms with Crippen LogP contribution in [0.1, 0.15) is 5.56 Å². The quantitative estimate of drug-likeness (QED) is 0.487. The molecule has 2 heteroatoms. The van der Waals surface area contributed by atoms with Crippen LogP contribution in [0.15, 0.2) is 24.3 Å². The predicted molar refractivity (Wildman–Crippen MR) is 45.5 cm³/mol. The van der Waals surface area contributed by atoms with E-state index >= 15 is 0 Å². The van der Waals surface area contributed by atoms with Gasteiger partial charge in [-0.1, -0.05) is 0 Å². The zero-order valence-electron chi connectivity index (χ0n) is 5.26. The Morgan fingerprint density at radius 3 is 2.30 bits per heavy atom. The number of halogens is 1. The molecule has 0 saturated carbocycles. The van der Waals surface area contributed by atoms with Crippen LogP contribution in [0, 0.1) is 9.86 Å². The average Bonchev–Trinajstić information content (AvgIpc) is 1.95. The van der Waals surface area contributed by atoms with Crippen molar-refractivity contribution in [1.29, 1.82) is 0 Å². The van der Waals surface area contributed by atoms with E-state index in [2.05, 4.69) is 9.86 Å². The van der Waals surface area contributed by atoms with Crippen molar-refractivity contribution in [1.82, 2.24) is 0 Å². The van der Waals surface area contributed by atoms with Crippen LogP contribution >= 0.6 is 11.6 Å². The summed E-state index contributed by atoms with van der Waals surface area (Å²) >= 11 is 6.66. The maximum atomic E-state index is 5.67. The number of rotatable bonds is 0. The van der Waals surface area contributed by atoms with Crippen LogP contribution in [0.25, 0.3) is 0 Å². The molecule has 0 amide bonds. The first-order chi connectivity index (χ1) is 4.83. The standard InChI is InChI=1S/C8H4Cl.Sn.H/c1-2-7-3-5-8(9)6-4-7;;/h3-6H;;. The molecule has 0 aliphatic rings. The van der Waals surface area contributed by atoms with Crippen LogP contribution in [0.3, 0.4) is 0 Å². The molecule has 0 saturated heterocycles. The number of benzene rings is 1. The number of hydrogen-bond donors (Lipinski definition) is 0. The molecule has 0 aromatic heterocycles. The Labute approximate surface area is 78.7 Å². The molecule has 0 bridgehead atoms. The van der Waals surface area contributed by atoms with Crippen LogP contribution in [-0.2, 0) is 0 Å². The molecule has 0 aliphatic carbocycles. The van der Waals surface area contributed by atoms with Gasteiger partial charge in [-0.3, -0.25) is 0 Å². The topological polar surface area (TPSA) is 0 Å². The molecule has 1 aromatic carbocycles. The summed E-state index contributed by atoms with van der Waals surface area (Å²) in [5.74, 6) is 2.98. The van der Waals surface area contributed by atoms with Gasteiger partial charge in [0.1, 0.15) is 0 Å². The van der Waals surface area contributed by atoms with Crippen molar-refractivity contribution >= 4 is 34.1 Å². The van der Waals surface area contributed by atoms with Gasteiger partial charge in [-0.15, -0.1) is 0 Å². The molecule has 1 aromatic rings. The molecular weight excluding hydrogens is 250 g/mol. The van der Waals surface area contributed by atoms with Gasteiger partial charge in [0, 0.05) is 0 Å². The van der Waals surface area contributed by atoms with Gasteiger partial charge in [-0.25, -0.2) is 0 Å². The van der Waals surface area contributed by atoms with Gasteiger partial charge in [0.2, 0.25) is 0 Å². The monoisotopic (exact) mass is 256 g/mol. The Balaban J connectivity index is 2.97. The fraction of sp³-hybridized carbons (Fsp3) is 0. The van der Waals surface area contributed by atoms with Gasteiger partial charge in [-0.05, 0) is 0 Å². The Morgan fingerprint density at radius 2 is 1.80 bits per heavy atom. The van der Waals surface area contributed by atoms with Gasteiger partial charge in [0.15, 0.2) is 0 Å². The zero-order valence-corrected chi connectivity index (χ0v) is 9.32. The molecule has 0 unspecified atom stereocenters. The molecule has 0 nitrogen and oxygen atoms in total. The summed E-state index contributed by atoms with van der Waals surface area (Å²) in [6.07, 6.45) is 0. The SMILES string of the molecule is Clc1ccc(C#[C][SnH])cc1. The van der Waals surface area contributed by atoms with Crippen molar-refractivity contribution in [2.24, 2.45) is 0 Å². The fourth-order valence-corrected chi connectivity index (χ4v) is 1.22. The third-order valence-corrected chi connectivity index (χ3v) is 1.72. The zero-order chi connectivity index (χ0) is 7.40. The van der Waals surface area contributed by atoms with Gasteiger partial charge in [0.05, 0.1) is 0 Å². The van der Waals surface area contributed by atoms with Crippen LogP contribution in [0.5, 0.6) is 0 Å². The van der Waals surface area contributed by atoms with E-state index in [-0.39, 0.29) is 0 Å². The van der Waals surface area contributed by atoms with Gasteiger partial charge < -0.3 is 0 Å². The molecule has 10 heavy (non-hydrogen) atoms. The Hall–Kier alpha value is -0.131. The minimum atomic E-state index is 0.762. The van der Waals surface area contributed by atoms with Crippen LogP contribution < -0.4 is 0 Å². The van der Waals surface area contributed by atoms with E-state index in [0.29, 0.717) is 0 Å². The van der Waals surface area contributed by atoms with E-state index in [1.54, 1.807) is 0 Å². The molecule has 0 N–H and O–H groups in total. The first-order valence-electron chi connectivity index (χ1n) is 2.80. The summed E-state index contributed by atoms with van der Waals surface area (Å²) in [4.78, 5) is 0. The summed E-state index contributed by atoms with van der Waals surface area (Å²) in [6.45, 7) is 0. The Morgan fingerprint density at radius 1 is 1.20 bits per heavy atom. The van der Waals surface area contributed by atoms with Crippen molar-refractivity contribution in [2.45, 2.75) is 0 Å². The second kappa shape index (κ2) is 3.90. The summed E-state index contributed by atoms with van der Waals surface area (Å²) in [5.41, 5.74) is 1.04. The normalized spacial score (nSPS) is 8.20. The average molecular weight is 255 g/mol. The van der Waals surface area contributed by atoms with E-state index in [1.807, 2.05) is 24.3 Å². The molecule has 0 aliphatic heterocycles. The summed E-state index contributed by atoms with van der Waals surface area (Å²) in [7, 11) is 0. The molecule has 0 heterocycles.